The minimum absolute atomic E-state index is 0.0213. The van der Waals surface area contributed by atoms with Gasteiger partial charge in [-0.25, -0.2) is 9.59 Å². The number of aliphatic carboxylic acids is 1. The van der Waals surface area contributed by atoms with Gasteiger partial charge in [0.1, 0.15) is 12.6 Å². The topological polar surface area (TPSA) is 95.9 Å². The Bertz CT molecular complexity index is 1150. The maximum absolute atomic E-state index is 13.0. The Morgan fingerprint density at radius 2 is 1.71 bits per heavy atom. The molecule has 5 rings (SSSR count). The molecule has 1 aliphatic heterocycles. The highest BCUT2D eigenvalue weighted by Gasteiger charge is 2.48. The van der Waals surface area contributed by atoms with Gasteiger partial charge in [0.2, 0.25) is 0 Å². The van der Waals surface area contributed by atoms with Crippen LogP contribution < -0.4 is 5.32 Å². The standard InChI is InChI=1S/C27H28N2O5S/c1-16(24(30)29-23(26(31)32)15-35-25(29)17-10-11-17)12-13-28-27(33)34-14-22-20-8-4-2-6-18(20)19-7-3-5-9-21(19)22/h2-9,12,17,22-23,25H,10-11,13-15H2,1H3,(H,28,33)(H,31,32)/b16-12+. The van der Waals surface area contributed by atoms with Crippen molar-refractivity contribution in [3.05, 3.63) is 71.3 Å². The van der Waals surface area contributed by atoms with Crippen molar-refractivity contribution in [1.82, 2.24) is 10.2 Å². The van der Waals surface area contributed by atoms with Gasteiger partial charge in [0.05, 0.1) is 5.37 Å². The van der Waals surface area contributed by atoms with Crippen LogP contribution >= 0.6 is 11.8 Å². The molecule has 0 aromatic heterocycles. The molecule has 2 aromatic carbocycles. The Hall–Kier alpha value is -3.26. The molecule has 35 heavy (non-hydrogen) atoms. The third kappa shape index (κ3) is 4.67. The molecule has 2 fully saturated rings. The summed E-state index contributed by atoms with van der Waals surface area (Å²) in [6.45, 7) is 2.00. The van der Waals surface area contributed by atoms with Gasteiger partial charge in [0, 0.05) is 23.8 Å². The number of rotatable bonds is 7. The second-order valence-corrected chi connectivity index (χ2v) is 10.4. The van der Waals surface area contributed by atoms with Crippen LogP contribution in [0.4, 0.5) is 4.79 Å². The Kier molecular flexibility index (Phi) is 6.56. The number of carboxylic acid groups (broad SMARTS) is 1. The van der Waals surface area contributed by atoms with Gasteiger partial charge in [0.15, 0.2) is 0 Å². The quantitative estimate of drug-likeness (QED) is 0.562. The van der Waals surface area contributed by atoms with Crippen LogP contribution in [0.5, 0.6) is 0 Å². The molecular weight excluding hydrogens is 464 g/mol. The normalized spacial score (nSPS) is 21.4. The number of nitrogens with one attached hydrogen (secondary N) is 1. The first-order chi connectivity index (χ1) is 17.0. The number of thioether (sulfide) groups is 1. The number of ether oxygens (including phenoxy) is 1. The van der Waals surface area contributed by atoms with Crippen LogP contribution in [-0.4, -0.2) is 58.3 Å². The fourth-order valence-electron chi connectivity index (χ4n) is 4.95. The summed E-state index contributed by atoms with van der Waals surface area (Å²) >= 11 is 1.55. The molecule has 2 aliphatic carbocycles. The fraction of sp³-hybridized carbons (Fsp3) is 0.370. The zero-order chi connectivity index (χ0) is 24.5. The van der Waals surface area contributed by atoms with Gasteiger partial charge in [-0.3, -0.25) is 4.79 Å². The summed E-state index contributed by atoms with van der Waals surface area (Å²) in [5.41, 5.74) is 5.04. The molecule has 0 bridgehead atoms. The number of fused-ring (bicyclic) bond motifs is 3. The maximum atomic E-state index is 13.0. The van der Waals surface area contributed by atoms with Gasteiger partial charge in [0.25, 0.3) is 5.91 Å². The van der Waals surface area contributed by atoms with Crippen LogP contribution in [-0.2, 0) is 14.3 Å². The fourth-order valence-corrected chi connectivity index (χ4v) is 6.58. The van der Waals surface area contributed by atoms with Crippen LogP contribution in [0.2, 0.25) is 0 Å². The zero-order valence-electron chi connectivity index (χ0n) is 19.5. The van der Waals surface area contributed by atoms with Crippen molar-refractivity contribution in [3.8, 4) is 11.1 Å². The van der Waals surface area contributed by atoms with Crippen LogP contribution in [0.15, 0.2) is 60.2 Å². The maximum Gasteiger partial charge on any atom is 0.407 e. The molecule has 2 unspecified atom stereocenters. The summed E-state index contributed by atoms with van der Waals surface area (Å²) in [7, 11) is 0. The summed E-state index contributed by atoms with van der Waals surface area (Å²) < 4.78 is 5.53. The van der Waals surface area contributed by atoms with Crippen molar-refractivity contribution in [2.24, 2.45) is 5.92 Å². The van der Waals surface area contributed by atoms with E-state index in [9.17, 15) is 19.5 Å². The highest BCUT2D eigenvalue weighted by molar-refractivity contribution is 8.00. The molecule has 2 amide bonds. The second-order valence-electron chi connectivity index (χ2n) is 9.22. The third-order valence-electron chi connectivity index (χ3n) is 6.92. The van der Waals surface area contributed by atoms with E-state index in [2.05, 4.69) is 29.6 Å². The third-order valence-corrected chi connectivity index (χ3v) is 8.38. The molecule has 3 aliphatic rings. The zero-order valence-corrected chi connectivity index (χ0v) is 20.3. The predicted molar refractivity (Wildman–Crippen MR) is 134 cm³/mol. The van der Waals surface area contributed by atoms with Gasteiger partial charge in [-0.2, -0.15) is 0 Å². The van der Waals surface area contributed by atoms with E-state index in [-0.39, 0.29) is 30.4 Å². The Morgan fingerprint density at radius 1 is 1.09 bits per heavy atom. The molecule has 1 saturated heterocycles. The minimum atomic E-state index is -0.974. The molecule has 0 spiro atoms. The smallest absolute Gasteiger partial charge is 0.407 e. The summed E-state index contributed by atoms with van der Waals surface area (Å²) in [4.78, 5) is 38.6. The predicted octanol–water partition coefficient (Wildman–Crippen LogP) is 4.24. The number of carboxylic acids is 1. The molecule has 1 saturated carbocycles. The molecule has 182 valence electrons. The van der Waals surface area contributed by atoms with Crippen molar-refractivity contribution < 1.29 is 24.2 Å². The van der Waals surface area contributed by atoms with Crippen LogP contribution in [0.25, 0.3) is 11.1 Å². The lowest BCUT2D eigenvalue weighted by atomic mass is 9.98. The first-order valence-electron chi connectivity index (χ1n) is 11.9. The Morgan fingerprint density at radius 3 is 2.31 bits per heavy atom. The van der Waals surface area contributed by atoms with E-state index in [4.69, 9.17) is 4.74 Å². The molecule has 1 heterocycles. The van der Waals surface area contributed by atoms with Crippen molar-refractivity contribution in [2.75, 3.05) is 18.9 Å². The van der Waals surface area contributed by atoms with E-state index in [0.717, 1.165) is 24.0 Å². The lowest BCUT2D eigenvalue weighted by Crippen LogP contribution is -2.46. The van der Waals surface area contributed by atoms with Gasteiger partial charge >= 0.3 is 12.1 Å². The average molecular weight is 493 g/mol. The number of carbonyl (C=O) groups is 3. The number of carbonyl (C=O) groups excluding carboxylic acids is 2. The first kappa shape index (κ1) is 23.5. The van der Waals surface area contributed by atoms with Crippen molar-refractivity contribution in [2.45, 2.75) is 37.1 Å². The van der Waals surface area contributed by atoms with E-state index in [0.29, 0.717) is 17.2 Å². The van der Waals surface area contributed by atoms with E-state index in [1.165, 1.54) is 16.0 Å². The van der Waals surface area contributed by atoms with E-state index >= 15 is 0 Å². The number of benzene rings is 2. The lowest BCUT2D eigenvalue weighted by Gasteiger charge is -2.27. The molecular formula is C27H28N2O5S. The number of alkyl carbamates (subject to hydrolysis) is 1. The van der Waals surface area contributed by atoms with Crippen molar-refractivity contribution >= 4 is 29.7 Å². The lowest BCUT2D eigenvalue weighted by molar-refractivity contribution is -0.147. The summed E-state index contributed by atoms with van der Waals surface area (Å²) in [5, 5.41) is 12.2. The van der Waals surface area contributed by atoms with Crippen LogP contribution in [0.3, 0.4) is 0 Å². The van der Waals surface area contributed by atoms with E-state index in [1.807, 2.05) is 24.3 Å². The molecule has 8 heteroatoms. The molecule has 2 aromatic rings. The van der Waals surface area contributed by atoms with Crippen molar-refractivity contribution in [1.29, 1.82) is 0 Å². The largest absolute Gasteiger partial charge is 0.480 e. The van der Waals surface area contributed by atoms with Crippen molar-refractivity contribution in [3.63, 3.8) is 0 Å². The number of amides is 2. The van der Waals surface area contributed by atoms with Gasteiger partial charge in [-0.15, -0.1) is 11.8 Å². The highest BCUT2D eigenvalue weighted by Crippen LogP contribution is 2.46. The Labute approximate surface area is 208 Å². The average Bonchev–Trinajstić information content (AvgIpc) is 3.52. The summed E-state index contributed by atoms with van der Waals surface area (Å²) in [6.07, 6.45) is 3.12. The second kappa shape index (κ2) is 9.77. The Balaban J connectivity index is 1.17. The number of hydrogen-bond acceptors (Lipinski definition) is 5. The van der Waals surface area contributed by atoms with Gasteiger partial charge in [-0.1, -0.05) is 54.6 Å². The molecule has 2 atom stereocenters. The van der Waals surface area contributed by atoms with Crippen LogP contribution in [0.1, 0.15) is 36.8 Å². The van der Waals surface area contributed by atoms with Crippen LogP contribution in [0, 0.1) is 5.92 Å². The van der Waals surface area contributed by atoms with E-state index < -0.39 is 18.1 Å². The van der Waals surface area contributed by atoms with Gasteiger partial charge in [-0.05, 0) is 47.9 Å². The summed E-state index contributed by atoms with van der Waals surface area (Å²) in [5.74, 6) is -0.493. The summed E-state index contributed by atoms with van der Waals surface area (Å²) in [6, 6.07) is 15.5. The van der Waals surface area contributed by atoms with Gasteiger partial charge < -0.3 is 20.1 Å². The molecule has 0 radical (unpaired) electrons. The number of hydrogen-bond donors (Lipinski definition) is 2. The monoisotopic (exact) mass is 492 g/mol. The SMILES string of the molecule is C/C(=C\CNC(=O)OCC1c2ccccc2-c2ccccc21)C(=O)N1C(C(=O)O)CSC1C1CC1. The molecule has 7 nitrogen and oxygen atoms in total. The minimum Gasteiger partial charge on any atom is -0.480 e. The van der Waals surface area contributed by atoms with E-state index in [1.54, 1.807) is 24.8 Å². The number of nitrogens with zero attached hydrogens (tertiary/aromatic N) is 1. The first-order valence-corrected chi connectivity index (χ1v) is 12.9. The molecule has 2 N–H and O–H groups in total. The highest BCUT2D eigenvalue weighted by atomic mass is 32.2.